The quantitative estimate of drug-likeness (QED) is 0.851. The van der Waals surface area contributed by atoms with Crippen LogP contribution < -0.4 is 10.1 Å². The van der Waals surface area contributed by atoms with Crippen LogP contribution in [0.1, 0.15) is 24.1 Å². The van der Waals surface area contributed by atoms with Gasteiger partial charge in [-0.25, -0.2) is 0 Å². The lowest BCUT2D eigenvalue weighted by Crippen LogP contribution is -2.24. The third-order valence-electron chi connectivity index (χ3n) is 3.18. The van der Waals surface area contributed by atoms with Gasteiger partial charge < -0.3 is 10.1 Å². The van der Waals surface area contributed by atoms with Crippen LogP contribution in [0.15, 0.2) is 60.7 Å². The van der Waals surface area contributed by atoms with Crippen molar-refractivity contribution in [2.75, 3.05) is 7.11 Å². The van der Waals surface area contributed by atoms with Crippen molar-refractivity contribution in [3.8, 4) is 5.75 Å². The van der Waals surface area contributed by atoms with E-state index in [1.165, 1.54) is 0 Å². The summed E-state index contributed by atoms with van der Waals surface area (Å²) in [6, 6.07) is 17.3. The third-order valence-corrected chi connectivity index (χ3v) is 3.18. The minimum absolute atomic E-state index is 0.0759. The first-order valence-corrected chi connectivity index (χ1v) is 6.86. The topological polar surface area (TPSA) is 38.3 Å². The molecule has 2 aromatic carbocycles. The molecule has 21 heavy (non-hydrogen) atoms. The molecule has 1 N–H and O–H groups in total. The van der Waals surface area contributed by atoms with E-state index in [0.29, 0.717) is 0 Å². The number of carbonyl (C=O) groups is 1. The van der Waals surface area contributed by atoms with Crippen molar-refractivity contribution in [2.24, 2.45) is 0 Å². The molecule has 1 atom stereocenters. The Kier molecular flexibility index (Phi) is 5.16. The van der Waals surface area contributed by atoms with Crippen molar-refractivity contribution in [3.63, 3.8) is 0 Å². The van der Waals surface area contributed by atoms with Crippen molar-refractivity contribution >= 4 is 12.0 Å². The molecule has 0 fully saturated rings. The maximum Gasteiger partial charge on any atom is 0.244 e. The SMILES string of the molecule is COc1cccc([C@H](C)NC(=O)C=Cc2ccccc2)c1. The lowest BCUT2D eigenvalue weighted by atomic mass is 10.1. The summed E-state index contributed by atoms with van der Waals surface area (Å²) in [5.41, 5.74) is 2.01. The summed E-state index contributed by atoms with van der Waals surface area (Å²) in [5.74, 6) is 0.669. The van der Waals surface area contributed by atoms with E-state index in [1.54, 1.807) is 19.3 Å². The lowest BCUT2D eigenvalue weighted by Gasteiger charge is -2.13. The molecule has 0 aliphatic carbocycles. The Labute approximate surface area is 125 Å². The van der Waals surface area contributed by atoms with Gasteiger partial charge in [-0.1, -0.05) is 42.5 Å². The molecule has 2 rings (SSSR count). The second-order valence-electron chi connectivity index (χ2n) is 4.75. The summed E-state index contributed by atoms with van der Waals surface area (Å²) < 4.78 is 5.19. The van der Waals surface area contributed by atoms with Gasteiger partial charge in [-0.15, -0.1) is 0 Å². The van der Waals surface area contributed by atoms with Gasteiger partial charge in [0.25, 0.3) is 0 Å². The van der Waals surface area contributed by atoms with E-state index in [4.69, 9.17) is 4.74 Å². The summed E-state index contributed by atoms with van der Waals surface area (Å²) in [5, 5.41) is 2.94. The summed E-state index contributed by atoms with van der Waals surface area (Å²) in [4.78, 5) is 11.9. The maximum absolute atomic E-state index is 11.9. The Morgan fingerprint density at radius 2 is 1.90 bits per heavy atom. The highest BCUT2D eigenvalue weighted by Gasteiger charge is 2.08. The van der Waals surface area contributed by atoms with Crippen LogP contribution in [0.2, 0.25) is 0 Å². The van der Waals surface area contributed by atoms with Crippen LogP contribution >= 0.6 is 0 Å². The molecule has 108 valence electrons. The van der Waals surface area contributed by atoms with Crippen molar-refractivity contribution in [1.82, 2.24) is 5.32 Å². The van der Waals surface area contributed by atoms with E-state index in [2.05, 4.69) is 5.32 Å². The first-order valence-electron chi connectivity index (χ1n) is 6.86. The fourth-order valence-corrected chi connectivity index (χ4v) is 1.99. The van der Waals surface area contributed by atoms with Crippen LogP contribution in [0.3, 0.4) is 0 Å². The van der Waals surface area contributed by atoms with Crippen LogP contribution in [-0.4, -0.2) is 13.0 Å². The molecule has 3 heteroatoms. The molecule has 0 saturated heterocycles. The summed E-state index contributed by atoms with van der Waals surface area (Å²) in [7, 11) is 1.63. The number of methoxy groups -OCH3 is 1. The number of rotatable bonds is 5. The first-order chi connectivity index (χ1) is 10.2. The fourth-order valence-electron chi connectivity index (χ4n) is 1.99. The average Bonchev–Trinajstić information content (AvgIpc) is 2.54. The Bertz CT molecular complexity index is 620. The normalized spacial score (nSPS) is 12.1. The minimum Gasteiger partial charge on any atom is -0.497 e. The molecule has 0 aromatic heterocycles. The first kappa shape index (κ1) is 14.9. The monoisotopic (exact) mass is 281 g/mol. The fraction of sp³-hybridized carbons (Fsp3) is 0.167. The molecule has 0 saturated carbocycles. The summed E-state index contributed by atoms with van der Waals surface area (Å²) in [6.45, 7) is 1.95. The van der Waals surface area contributed by atoms with Crippen LogP contribution in [-0.2, 0) is 4.79 Å². The van der Waals surface area contributed by atoms with E-state index < -0.39 is 0 Å². The second kappa shape index (κ2) is 7.29. The Hall–Kier alpha value is -2.55. The van der Waals surface area contributed by atoms with Gasteiger partial charge in [0.2, 0.25) is 5.91 Å². The van der Waals surface area contributed by atoms with Gasteiger partial charge in [0.05, 0.1) is 13.2 Å². The minimum atomic E-state index is -0.117. The van der Waals surface area contributed by atoms with E-state index in [0.717, 1.165) is 16.9 Å². The Balaban J connectivity index is 1.97. The highest BCUT2D eigenvalue weighted by Crippen LogP contribution is 2.18. The zero-order chi connectivity index (χ0) is 15.1. The van der Waals surface area contributed by atoms with Crippen molar-refractivity contribution in [2.45, 2.75) is 13.0 Å². The molecule has 2 aromatic rings. The molecule has 3 nitrogen and oxygen atoms in total. The van der Waals surface area contributed by atoms with Gasteiger partial charge in [0, 0.05) is 6.08 Å². The van der Waals surface area contributed by atoms with Crippen molar-refractivity contribution < 1.29 is 9.53 Å². The predicted molar refractivity (Wildman–Crippen MR) is 85.0 cm³/mol. The third kappa shape index (κ3) is 4.49. The van der Waals surface area contributed by atoms with Crippen LogP contribution in [0.25, 0.3) is 6.08 Å². The Morgan fingerprint density at radius 1 is 1.14 bits per heavy atom. The van der Waals surface area contributed by atoms with Gasteiger partial charge in [-0.3, -0.25) is 4.79 Å². The standard InChI is InChI=1S/C18H19NO2/c1-14(16-9-6-10-17(13-16)21-2)19-18(20)12-11-15-7-4-3-5-8-15/h3-14H,1-2H3,(H,19,20)/t14-/m0/s1. The Morgan fingerprint density at radius 3 is 2.62 bits per heavy atom. The van der Waals surface area contributed by atoms with E-state index in [1.807, 2.05) is 61.5 Å². The second-order valence-corrected chi connectivity index (χ2v) is 4.75. The van der Waals surface area contributed by atoms with Crippen LogP contribution in [0, 0.1) is 0 Å². The van der Waals surface area contributed by atoms with Gasteiger partial charge in [0.1, 0.15) is 5.75 Å². The maximum atomic E-state index is 11.9. The molecule has 0 aliphatic heterocycles. The molecular weight excluding hydrogens is 262 g/mol. The van der Waals surface area contributed by atoms with E-state index in [-0.39, 0.29) is 11.9 Å². The van der Waals surface area contributed by atoms with Crippen molar-refractivity contribution in [1.29, 1.82) is 0 Å². The number of benzene rings is 2. The van der Waals surface area contributed by atoms with E-state index >= 15 is 0 Å². The molecular formula is C18H19NO2. The molecule has 0 aliphatic rings. The average molecular weight is 281 g/mol. The predicted octanol–water partition coefficient (Wildman–Crippen LogP) is 3.59. The molecule has 0 heterocycles. The molecule has 0 spiro atoms. The number of nitrogens with one attached hydrogen (secondary N) is 1. The molecule has 0 unspecified atom stereocenters. The van der Waals surface area contributed by atoms with Crippen molar-refractivity contribution in [3.05, 3.63) is 71.8 Å². The van der Waals surface area contributed by atoms with Crippen LogP contribution in [0.5, 0.6) is 5.75 Å². The largest absolute Gasteiger partial charge is 0.497 e. The van der Waals surface area contributed by atoms with Crippen LogP contribution in [0.4, 0.5) is 0 Å². The smallest absolute Gasteiger partial charge is 0.244 e. The highest BCUT2D eigenvalue weighted by atomic mass is 16.5. The number of amides is 1. The zero-order valence-corrected chi connectivity index (χ0v) is 12.2. The number of carbonyl (C=O) groups excluding carboxylic acids is 1. The molecule has 0 radical (unpaired) electrons. The molecule has 0 bridgehead atoms. The number of hydrogen-bond acceptors (Lipinski definition) is 2. The number of hydrogen-bond donors (Lipinski definition) is 1. The summed E-state index contributed by atoms with van der Waals surface area (Å²) >= 11 is 0. The molecule has 1 amide bonds. The number of ether oxygens (including phenoxy) is 1. The van der Waals surface area contributed by atoms with Gasteiger partial charge >= 0.3 is 0 Å². The lowest BCUT2D eigenvalue weighted by molar-refractivity contribution is -0.117. The highest BCUT2D eigenvalue weighted by molar-refractivity contribution is 5.91. The van der Waals surface area contributed by atoms with Gasteiger partial charge in [-0.05, 0) is 36.3 Å². The summed E-state index contributed by atoms with van der Waals surface area (Å²) in [6.07, 6.45) is 3.35. The van der Waals surface area contributed by atoms with Gasteiger partial charge in [-0.2, -0.15) is 0 Å². The van der Waals surface area contributed by atoms with Gasteiger partial charge in [0.15, 0.2) is 0 Å². The van der Waals surface area contributed by atoms with E-state index in [9.17, 15) is 4.79 Å². The zero-order valence-electron chi connectivity index (χ0n) is 12.2.